The molecule has 2 N–H and O–H groups in total. The first-order valence-electron chi connectivity index (χ1n) is 3.12. The molecular formula is C6H16AsN. The van der Waals surface area contributed by atoms with Crippen LogP contribution in [0.5, 0.6) is 0 Å². The summed E-state index contributed by atoms with van der Waals surface area (Å²) in [7, 11) is 0. The molecule has 0 amide bonds. The topological polar surface area (TPSA) is 26.0 Å². The summed E-state index contributed by atoms with van der Waals surface area (Å²) in [5, 5.41) is 1.48. The zero-order chi connectivity index (χ0) is 6.41. The quantitative estimate of drug-likeness (QED) is 0.510. The summed E-state index contributed by atoms with van der Waals surface area (Å²) in [6, 6.07) is 0. The van der Waals surface area contributed by atoms with Gasteiger partial charge in [0.1, 0.15) is 0 Å². The van der Waals surface area contributed by atoms with E-state index in [1.165, 1.54) is 18.1 Å². The van der Waals surface area contributed by atoms with Crippen LogP contribution in [0.4, 0.5) is 0 Å². The molecule has 0 bridgehead atoms. The van der Waals surface area contributed by atoms with E-state index in [1.807, 2.05) is 0 Å². The van der Waals surface area contributed by atoms with Gasteiger partial charge < -0.3 is 0 Å². The molecule has 2 heteroatoms. The SMILES string of the molecule is C[As](C)CCCCN. The number of rotatable bonds is 4. The molecule has 0 heterocycles. The summed E-state index contributed by atoms with van der Waals surface area (Å²) >= 11 is -0.313. The molecule has 0 aliphatic rings. The van der Waals surface area contributed by atoms with Gasteiger partial charge in [0.05, 0.1) is 0 Å². The molecule has 0 aliphatic carbocycles. The van der Waals surface area contributed by atoms with Crippen molar-refractivity contribution in [3.8, 4) is 0 Å². The van der Waals surface area contributed by atoms with Crippen LogP contribution in [0.25, 0.3) is 0 Å². The first-order chi connectivity index (χ1) is 3.77. The van der Waals surface area contributed by atoms with Crippen molar-refractivity contribution in [2.45, 2.75) is 29.5 Å². The van der Waals surface area contributed by atoms with Crippen molar-refractivity contribution in [1.29, 1.82) is 0 Å². The Labute approximate surface area is 56.9 Å². The van der Waals surface area contributed by atoms with Gasteiger partial charge in [-0.2, -0.15) is 0 Å². The first kappa shape index (κ1) is 8.52. The molecular weight excluding hydrogens is 161 g/mol. The summed E-state index contributed by atoms with van der Waals surface area (Å²) in [6.45, 7) is 0.877. The van der Waals surface area contributed by atoms with Crippen LogP contribution in [-0.2, 0) is 0 Å². The van der Waals surface area contributed by atoms with Crippen LogP contribution < -0.4 is 5.73 Å². The predicted molar refractivity (Wildman–Crippen MR) is 40.6 cm³/mol. The van der Waals surface area contributed by atoms with Gasteiger partial charge >= 0.3 is 56.4 Å². The molecule has 0 rings (SSSR count). The van der Waals surface area contributed by atoms with E-state index in [0.29, 0.717) is 0 Å². The van der Waals surface area contributed by atoms with Crippen molar-refractivity contribution in [2.24, 2.45) is 5.73 Å². The van der Waals surface area contributed by atoms with E-state index >= 15 is 0 Å². The zero-order valence-electron chi connectivity index (χ0n) is 5.85. The van der Waals surface area contributed by atoms with Crippen molar-refractivity contribution in [1.82, 2.24) is 0 Å². The van der Waals surface area contributed by atoms with Gasteiger partial charge in [0.15, 0.2) is 0 Å². The molecule has 0 aliphatic heterocycles. The Morgan fingerprint density at radius 2 is 1.88 bits per heavy atom. The Kier molecular flexibility index (Phi) is 6.02. The maximum absolute atomic E-state index is 5.33. The average Bonchev–Trinajstić information content (AvgIpc) is 1.66. The standard InChI is InChI=1S/C6H16AsN/c1-7(2)5-3-4-6-8/h3-6,8H2,1-2H3. The van der Waals surface area contributed by atoms with Crippen LogP contribution >= 0.6 is 0 Å². The van der Waals surface area contributed by atoms with E-state index in [-0.39, 0.29) is 14.7 Å². The summed E-state index contributed by atoms with van der Waals surface area (Å²) in [6.07, 6.45) is 2.59. The molecule has 0 spiro atoms. The van der Waals surface area contributed by atoms with Gasteiger partial charge in [-0.3, -0.25) is 0 Å². The second-order valence-corrected chi connectivity index (χ2v) is 7.77. The van der Waals surface area contributed by atoms with Crippen LogP contribution in [0, 0.1) is 0 Å². The van der Waals surface area contributed by atoms with E-state index in [0.717, 1.165) is 6.54 Å². The fraction of sp³-hybridized carbons (Fsp3) is 1.00. The van der Waals surface area contributed by atoms with Gasteiger partial charge in [-0.1, -0.05) is 0 Å². The minimum atomic E-state index is -0.313. The van der Waals surface area contributed by atoms with E-state index in [2.05, 4.69) is 11.4 Å². The Balaban J connectivity index is 2.72. The summed E-state index contributed by atoms with van der Waals surface area (Å²) < 4.78 is 0. The molecule has 0 aromatic heterocycles. The van der Waals surface area contributed by atoms with Gasteiger partial charge in [-0.15, -0.1) is 0 Å². The third-order valence-corrected chi connectivity index (χ3v) is 3.60. The monoisotopic (exact) mass is 177 g/mol. The first-order valence-corrected chi connectivity index (χ1v) is 8.20. The minimum absolute atomic E-state index is 0.313. The van der Waals surface area contributed by atoms with Gasteiger partial charge in [0.2, 0.25) is 0 Å². The molecule has 0 saturated heterocycles. The normalized spacial score (nSPS) is 10.5. The van der Waals surface area contributed by atoms with Crippen molar-refractivity contribution in [2.75, 3.05) is 6.54 Å². The second-order valence-electron chi connectivity index (χ2n) is 2.30. The van der Waals surface area contributed by atoms with Crippen LogP contribution in [-0.4, -0.2) is 21.2 Å². The molecule has 0 radical (unpaired) electrons. The Bertz CT molecular complexity index is 45.8. The molecule has 0 fully saturated rings. The third-order valence-electron chi connectivity index (χ3n) is 1.06. The van der Waals surface area contributed by atoms with E-state index in [4.69, 9.17) is 5.73 Å². The third kappa shape index (κ3) is 6.52. The molecule has 0 aromatic carbocycles. The molecule has 0 unspecified atom stereocenters. The Morgan fingerprint density at radius 1 is 1.25 bits per heavy atom. The van der Waals surface area contributed by atoms with Crippen LogP contribution in [0.3, 0.4) is 0 Å². The van der Waals surface area contributed by atoms with Crippen LogP contribution in [0.2, 0.25) is 16.6 Å². The molecule has 0 saturated carbocycles. The zero-order valence-corrected chi connectivity index (χ0v) is 7.73. The van der Waals surface area contributed by atoms with Crippen LogP contribution in [0.1, 0.15) is 12.8 Å². The van der Waals surface area contributed by atoms with E-state index < -0.39 is 0 Å². The Morgan fingerprint density at radius 3 is 2.25 bits per heavy atom. The fourth-order valence-electron chi connectivity index (χ4n) is 0.572. The Hall–Kier alpha value is 0.518. The van der Waals surface area contributed by atoms with E-state index in [9.17, 15) is 0 Å². The molecule has 8 heavy (non-hydrogen) atoms. The van der Waals surface area contributed by atoms with Gasteiger partial charge in [0, 0.05) is 0 Å². The predicted octanol–water partition coefficient (Wildman–Crippen LogP) is 1.48. The summed E-state index contributed by atoms with van der Waals surface area (Å²) in [4.78, 5) is 0. The molecule has 0 aromatic rings. The number of hydrogen-bond donors (Lipinski definition) is 1. The molecule has 50 valence electrons. The summed E-state index contributed by atoms with van der Waals surface area (Å²) in [5.41, 5.74) is 10.1. The second kappa shape index (κ2) is 5.65. The number of unbranched alkanes of at least 4 members (excludes halogenated alkanes) is 1. The fourth-order valence-corrected chi connectivity index (χ4v) is 2.37. The molecule has 1 nitrogen and oxygen atoms in total. The van der Waals surface area contributed by atoms with Gasteiger partial charge in [0.25, 0.3) is 0 Å². The van der Waals surface area contributed by atoms with Gasteiger partial charge in [-0.05, 0) is 0 Å². The number of hydrogen-bond acceptors (Lipinski definition) is 1. The molecule has 0 atom stereocenters. The number of nitrogens with two attached hydrogens (primary N) is 1. The van der Waals surface area contributed by atoms with Crippen molar-refractivity contribution < 1.29 is 0 Å². The van der Waals surface area contributed by atoms with Crippen molar-refractivity contribution in [3.63, 3.8) is 0 Å². The van der Waals surface area contributed by atoms with Gasteiger partial charge in [-0.25, -0.2) is 0 Å². The average molecular weight is 177 g/mol. The van der Waals surface area contributed by atoms with Crippen molar-refractivity contribution >= 4 is 14.7 Å². The summed E-state index contributed by atoms with van der Waals surface area (Å²) in [5.74, 6) is 0. The van der Waals surface area contributed by atoms with Crippen LogP contribution in [0.15, 0.2) is 0 Å². The maximum atomic E-state index is 5.33. The van der Waals surface area contributed by atoms with E-state index in [1.54, 1.807) is 0 Å². The van der Waals surface area contributed by atoms with Crippen molar-refractivity contribution in [3.05, 3.63) is 0 Å².